The largest absolute Gasteiger partial charge is 0.494 e. The summed E-state index contributed by atoms with van der Waals surface area (Å²) in [5.41, 5.74) is 6.67. The Balaban J connectivity index is 2.06. The van der Waals surface area contributed by atoms with Crippen molar-refractivity contribution in [2.75, 3.05) is 18.2 Å². The molecular formula is C12H12N6O2. The number of carbonyl (C=O) groups is 1. The molecule has 1 heterocycles. The van der Waals surface area contributed by atoms with Crippen LogP contribution in [-0.2, 0) is 11.3 Å². The molecule has 0 aliphatic heterocycles. The molecule has 0 atom stereocenters. The summed E-state index contributed by atoms with van der Waals surface area (Å²) in [6.45, 7) is -0.0534. The van der Waals surface area contributed by atoms with Crippen LogP contribution in [0.1, 0.15) is 5.82 Å². The molecule has 1 amide bonds. The van der Waals surface area contributed by atoms with E-state index in [0.717, 1.165) is 0 Å². The Morgan fingerprint density at radius 1 is 1.60 bits per heavy atom. The lowest BCUT2D eigenvalue weighted by atomic mass is 10.2. The van der Waals surface area contributed by atoms with Crippen molar-refractivity contribution in [2.45, 2.75) is 6.54 Å². The maximum absolute atomic E-state index is 11.9. The molecule has 2 aromatic rings. The minimum Gasteiger partial charge on any atom is -0.494 e. The van der Waals surface area contributed by atoms with Crippen molar-refractivity contribution in [2.24, 2.45) is 0 Å². The average Bonchev–Trinajstić information content (AvgIpc) is 2.88. The molecule has 3 N–H and O–H groups in total. The van der Waals surface area contributed by atoms with Crippen LogP contribution in [0, 0.1) is 11.3 Å². The van der Waals surface area contributed by atoms with Crippen LogP contribution in [0.3, 0.4) is 0 Å². The number of rotatable bonds is 4. The molecule has 0 unspecified atom stereocenters. The highest BCUT2D eigenvalue weighted by Gasteiger charge is 2.09. The first-order valence-electron chi connectivity index (χ1n) is 5.65. The van der Waals surface area contributed by atoms with Crippen molar-refractivity contribution in [1.29, 1.82) is 5.26 Å². The summed E-state index contributed by atoms with van der Waals surface area (Å²) in [5, 5.41) is 15.1. The van der Waals surface area contributed by atoms with Gasteiger partial charge in [0.15, 0.2) is 0 Å². The molecule has 8 nitrogen and oxygen atoms in total. The van der Waals surface area contributed by atoms with Gasteiger partial charge in [-0.05, 0) is 12.1 Å². The Morgan fingerprint density at radius 2 is 2.40 bits per heavy atom. The number of anilines is 2. The van der Waals surface area contributed by atoms with Crippen LogP contribution in [0.5, 0.6) is 5.75 Å². The molecule has 2 rings (SSSR count). The number of aromatic nitrogens is 3. The molecule has 1 aromatic heterocycles. The maximum atomic E-state index is 11.9. The zero-order valence-electron chi connectivity index (χ0n) is 10.7. The number of nitrogen functional groups attached to an aromatic ring is 1. The van der Waals surface area contributed by atoms with Crippen LogP contribution in [0.15, 0.2) is 24.5 Å². The summed E-state index contributed by atoms with van der Waals surface area (Å²) < 4.78 is 6.40. The van der Waals surface area contributed by atoms with E-state index in [1.54, 1.807) is 24.3 Å². The lowest BCUT2D eigenvalue weighted by molar-refractivity contribution is -0.116. The molecule has 0 saturated heterocycles. The first-order valence-corrected chi connectivity index (χ1v) is 5.65. The monoisotopic (exact) mass is 272 g/mol. The van der Waals surface area contributed by atoms with Gasteiger partial charge in [-0.25, -0.2) is 9.67 Å². The van der Waals surface area contributed by atoms with Gasteiger partial charge in [-0.15, -0.1) is 5.10 Å². The molecule has 0 aliphatic rings. The van der Waals surface area contributed by atoms with E-state index >= 15 is 0 Å². The molecular weight excluding hydrogens is 260 g/mol. The predicted octanol–water partition coefficient (Wildman–Crippen LogP) is 0.379. The van der Waals surface area contributed by atoms with E-state index in [4.69, 9.17) is 15.7 Å². The van der Waals surface area contributed by atoms with Crippen LogP contribution in [0.2, 0.25) is 0 Å². The standard InChI is InChI=1S/C12H12N6O2/c1-20-10-4-8(14)2-3-9(10)16-12(19)6-18-7-15-11(5-13)17-18/h2-4,7H,6,14H2,1H3,(H,16,19). The second-order valence-electron chi connectivity index (χ2n) is 3.89. The van der Waals surface area contributed by atoms with Gasteiger partial charge >= 0.3 is 0 Å². The van der Waals surface area contributed by atoms with E-state index in [1.165, 1.54) is 18.1 Å². The number of nitrogens with one attached hydrogen (secondary N) is 1. The molecule has 0 radical (unpaired) electrons. The van der Waals surface area contributed by atoms with Crippen molar-refractivity contribution in [1.82, 2.24) is 14.8 Å². The first kappa shape index (κ1) is 13.4. The van der Waals surface area contributed by atoms with Crippen LogP contribution in [0.4, 0.5) is 11.4 Å². The summed E-state index contributed by atoms with van der Waals surface area (Å²) in [6, 6.07) is 6.70. The Hall–Kier alpha value is -3.08. The van der Waals surface area contributed by atoms with Gasteiger partial charge in [-0.3, -0.25) is 4.79 Å². The van der Waals surface area contributed by atoms with E-state index in [9.17, 15) is 4.79 Å². The molecule has 0 saturated carbocycles. The number of nitrogens with two attached hydrogens (primary N) is 1. The van der Waals surface area contributed by atoms with Crippen LogP contribution in [0.25, 0.3) is 0 Å². The average molecular weight is 272 g/mol. The number of nitrogens with zero attached hydrogens (tertiary/aromatic N) is 4. The Labute approximate surface area is 114 Å². The van der Waals surface area contributed by atoms with E-state index < -0.39 is 0 Å². The Bertz CT molecular complexity index is 673. The molecule has 8 heteroatoms. The van der Waals surface area contributed by atoms with Crippen molar-refractivity contribution in [3.63, 3.8) is 0 Å². The van der Waals surface area contributed by atoms with Gasteiger partial charge in [-0.1, -0.05) is 0 Å². The fourth-order valence-electron chi connectivity index (χ4n) is 1.57. The van der Waals surface area contributed by atoms with Crippen molar-refractivity contribution >= 4 is 17.3 Å². The van der Waals surface area contributed by atoms with Crippen molar-refractivity contribution in [3.05, 3.63) is 30.4 Å². The minimum absolute atomic E-state index is 0.0165. The second kappa shape index (κ2) is 5.71. The highest BCUT2D eigenvalue weighted by Crippen LogP contribution is 2.26. The van der Waals surface area contributed by atoms with Gasteiger partial charge in [0, 0.05) is 11.8 Å². The van der Waals surface area contributed by atoms with Gasteiger partial charge in [0.05, 0.1) is 12.8 Å². The molecule has 1 aromatic carbocycles. The van der Waals surface area contributed by atoms with Gasteiger partial charge in [0.2, 0.25) is 5.91 Å². The molecule has 102 valence electrons. The number of hydrogen-bond donors (Lipinski definition) is 2. The minimum atomic E-state index is -0.317. The van der Waals surface area contributed by atoms with Crippen LogP contribution < -0.4 is 15.8 Å². The third kappa shape index (κ3) is 3.02. The number of hydrogen-bond acceptors (Lipinski definition) is 6. The Kier molecular flexibility index (Phi) is 3.81. The lowest BCUT2D eigenvalue weighted by Gasteiger charge is -2.10. The van der Waals surface area contributed by atoms with Gasteiger partial charge in [0.1, 0.15) is 24.7 Å². The molecule has 0 aliphatic carbocycles. The van der Waals surface area contributed by atoms with Gasteiger partial charge in [0.25, 0.3) is 5.82 Å². The molecule has 0 spiro atoms. The number of ether oxygens (including phenoxy) is 1. The van der Waals surface area contributed by atoms with Gasteiger partial charge < -0.3 is 15.8 Å². The van der Waals surface area contributed by atoms with Crippen LogP contribution >= 0.6 is 0 Å². The number of carbonyl (C=O) groups excluding carboxylic acids is 1. The third-order valence-corrected chi connectivity index (χ3v) is 2.44. The zero-order valence-corrected chi connectivity index (χ0v) is 10.7. The quantitative estimate of drug-likeness (QED) is 0.776. The normalized spacial score (nSPS) is 9.80. The van der Waals surface area contributed by atoms with Gasteiger partial charge in [-0.2, -0.15) is 5.26 Å². The predicted molar refractivity (Wildman–Crippen MR) is 70.8 cm³/mol. The van der Waals surface area contributed by atoms with E-state index in [1.807, 2.05) is 0 Å². The van der Waals surface area contributed by atoms with Crippen molar-refractivity contribution in [3.8, 4) is 11.8 Å². The smallest absolute Gasteiger partial charge is 0.252 e. The van der Waals surface area contributed by atoms with E-state index in [0.29, 0.717) is 17.1 Å². The number of nitriles is 1. The summed E-state index contributed by atoms with van der Waals surface area (Å²) in [7, 11) is 1.49. The first-order chi connectivity index (χ1) is 9.62. The van der Waals surface area contributed by atoms with E-state index in [2.05, 4.69) is 15.4 Å². The second-order valence-corrected chi connectivity index (χ2v) is 3.89. The fourth-order valence-corrected chi connectivity index (χ4v) is 1.57. The molecule has 0 fully saturated rings. The summed E-state index contributed by atoms with van der Waals surface area (Å²) >= 11 is 0. The summed E-state index contributed by atoms with van der Waals surface area (Å²) in [5.74, 6) is 0.167. The number of benzene rings is 1. The number of amides is 1. The summed E-state index contributed by atoms with van der Waals surface area (Å²) in [6.07, 6.45) is 1.32. The third-order valence-electron chi connectivity index (χ3n) is 2.44. The SMILES string of the molecule is COc1cc(N)ccc1NC(=O)Cn1cnc(C#N)n1. The summed E-state index contributed by atoms with van der Waals surface area (Å²) in [4.78, 5) is 15.6. The van der Waals surface area contributed by atoms with Crippen molar-refractivity contribution < 1.29 is 9.53 Å². The molecule has 20 heavy (non-hydrogen) atoms. The highest BCUT2D eigenvalue weighted by atomic mass is 16.5. The molecule has 0 bridgehead atoms. The van der Waals surface area contributed by atoms with E-state index in [-0.39, 0.29) is 18.3 Å². The maximum Gasteiger partial charge on any atom is 0.252 e. The van der Waals surface area contributed by atoms with Crippen LogP contribution in [-0.4, -0.2) is 27.8 Å². The topological polar surface area (TPSA) is 119 Å². The zero-order chi connectivity index (χ0) is 14.5. The fraction of sp³-hybridized carbons (Fsp3) is 0.167. The Morgan fingerprint density at radius 3 is 3.05 bits per heavy atom. The number of methoxy groups -OCH3 is 1. The highest BCUT2D eigenvalue weighted by molar-refractivity contribution is 5.92. The lowest BCUT2D eigenvalue weighted by Crippen LogP contribution is -2.19.